The summed E-state index contributed by atoms with van der Waals surface area (Å²) in [5.41, 5.74) is -1.65. The van der Waals surface area contributed by atoms with Crippen LogP contribution in [0, 0.1) is 0 Å². The third-order valence-corrected chi connectivity index (χ3v) is 3.52. The summed E-state index contributed by atoms with van der Waals surface area (Å²) in [6.07, 6.45) is 1.29. The minimum absolute atomic E-state index is 0.0511. The molecule has 0 aliphatic rings. The average Bonchev–Trinajstić information content (AvgIpc) is 2.54. The van der Waals surface area contributed by atoms with E-state index in [2.05, 4.69) is 0 Å². The maximum atomic E-state index is 12.5. The van der Waals surface area contributed by atoms with Gasteiger partial charge in [0, 0.05) is 18.1 Å². The Bertz CT molecular complexity index is 911. The van der Waals surface area contributed by atoms with E-state index in [1.165, 1.54) is 10.8 Å². The Morgan fingerprint density at radius 3 is 2.12 bits per heavy atom. The maximum absolute atomic E-state index is 12.5. The second-order valence-corrected chi connectivity index (χ2v) is 4.90. The number of carboxylic acid groups (broad SMARTS) is 2. The molecule has 0 bridgehead atoms. The van der Waals surface area contributed by atoms with Crippen LogP contribution in [-0.2, 0) is 11.3 Å². The first kappa shape index (κ1) is 17.2. The SMILES string of the molecule is CCOC(=O)c1cn(CC)c2cc(C(=O)O)c(C(=O)O)cc2c1=O. The van der Waals surface area contributed by atoms with Crippen molar-refractivity contribution in [3.05, 3.63) is 45.2 Å². The van der Waals surface area contributed by atoms with E-state index < -0.39 is 34.5 Å². The maximum Gasteiger partial charge on any atom is 0.343 e. The highest BCUT2D eigenvalue weighted by Crippen LogP contribution is 2.20. The zero-order chi connectivity index (χ0) is 18.0. The Hall–Kier alpha value is -3.16. The summed E-state index contributed by atoms with van der Waals surface area (Å²) in [6, 6.07) is 2.11. The second kappa shape index (κ2) is 6.53. The standard InChI is InChI=1S/C16H15NO7/c1-3-17-7-11(16(23)24-4-2)13(18)10-5-8(14(19)20)9(15(21)22)6-12(10)17/h5-7H,3-4H2,1-2H3,(H,19,20)(H,21,22). The van der Waals surface area contributed by atoms with Crippen LogP contribution < -0.4 is 5.43 Å². The number of benzene rings is 1. The van der Waals surface area contributed by atoms with Crippen molar-refractivity contribution in [3.63, 3.8) is 0 Å². The summed E-state index contributed by atoms with van der Waals surface area (Å²) in [4.78, 5) is 47.0. The van der Waals surface area contributed by atoms with E-state index in [4.69, 9.17) is 4.74 Å². The van der Waals surface area contributed by atoms with Gasteiger partial charge in [-0.25, -0.2) is 14.4 Å². The zero-order valence-electron chi connectivity index (χ0n) is 13.0. The van der Waals surface area contributed by atoms with Gasteiger partial charge in [-0.3, -0.25) is 4.79 Å². The Balaban J connectivity index is 2.92. The van der Waals surface area contributed by atoms with Crippen molar-refractivity contribution < 1.29 is 29.3 Å². The van der Waals surface area contributed by atoms with Gasteiger partial charge < -0.3 is 19.5 Å². The molecule has 0 fully saturated rings. The Kier molecular flexibility index (Phi) is 4.68. The number of nitrogens with zero attached hydrogens (tertiary/aromatic N) is 1. The van der Waals surface area contributed by atoms with E-state index in [0.29, 0.717) is 6.54 Å². The summed E-state index contributed by atoms with van der Waals surface area (Å²) in [5.74, 6) is -3.71. The van der Waals surface area contributed by atoms with Crippen molar-refractivity contribution in [3.8, 4) is 0 Å². The van der Waals surface area contributed by atoms with Crippen LogP contribution >= 0.6 is 0 Å². The van der Waals surface area contributed by atoms with E-state index in [1.807, 2.05) is 0 Å². The molecule has 0 unspecified atom stereocenters. The van der Waals surface area contributed by atoms with E-state index in [-0.39, 0.29) is 23.1 Å². The first-order valence-electron chi connectivity index (χ1n) is 7.16. The zero-order valence-corrected chi connectivity index (χ0v) is 13.0. The third kappa shape index (κ3) is 2.85. The van der Waals surface area contributed by atoms with Gasteiger partial charge in [0.15, 0.2) is 0 Å². The summed E-state index contributed by atoms with van der Waals surface area (Å²) in [6.45, 7) is 3.76. The van der Waals surface area contributed by atoms with E-state index in [9.17, 15) is 29.4 Å². The van der Waals surface area contributed by atoms with E-state index in [1.54, 1.807) is 13.8 Å². The lowest BCUT2D eigenvalue weighted by molar-refractivity contribution is 0.0523. The Labute approximate surface area is 135 Å². The van der Waals surface area contributed by atoms with Gasteiger partial charge >= 0.3 is 17.9 Å². The lowest BCUT2D eigenvalue weighted by Gasteiger charge is -2.13. The van der Waals surface area contributed by atoms with Gasteiger partial charge in [0.2, 0.25) is 5.43 Å². The molecule has 126 valence electrons. The van der Waals surface area contributed by atoms with Crippen molar-refractivity contribution in [2.24, 2.45) is 0 Å². The molecule has 1 heterocycles. The fraction of sp³-hybridized carbons (Fsp3) is 0.250. The quantitative estimate of drug-likeness (QED) is 0.796. The highest BCUT2D eigenvalue weighted by atomic mass is 16.5. The number of pyridine rings is 1. The van der Waals surface area contributed by atoms with Crippen molar-refractivity contribution in [1.82, 2.24) is 4.57 Å². The van der Waals surface area contributed by atoms with Gasteiger partial charge in [-0.1, -0.05) is 0 Å². The van der Waals surface area contributed by atoms with Gasteiger partial charge in [0.1, 0.15) is 5.56 Å². The number of esters is 1. The van der Waals surface area contributed by atoms with Crippen molar-refractivity contribution >= 4 is 28.8 Å². The summed E-state index contributed by atoms with van der Waals surface area (Å²) in [7, 11) is 0. The molecule has 8 heteroatoms. The van der Waals surface area contributed by atoms with E-state index >= 15 is 0 Å². The molecule has 0 saturated carbocycles. The van der Waals surface area contributed by atoms with Gasteiger partial charge in [-0.15, -0.1) is 0 Å². The van der Waals surface area contributed by atoms with Gasteiger partial charge in [0.25, 0.3) is 0 Å². The summed E-state index contributed by atoms with van der Waals surface area (Å²) < 4.78 is 6.34. The number of aromatic nitrogens is 1. The minimum atomic E-state index is -1.47. The Morgan fingerprint density at radius 1 is 1.04 bits per heavy atom. The van der Waals surface area contributed by atoms with E-state index in [0.717, 1.165) is 12.1 Å². The number of rotatable bonds is 5. The van der Waals surface area contributed by atoms with Crippen LogP contribution in [0.4, 0.5) is 0 Å². The lowest BCUT2D eigenvalue weighted by Crippen LogP contribution is -2.22. The molecular weight excluding hydrogens is 318 g/mol. The van der Waals surface area contributed by atoms with Crippen LogP contribution in [-0.4, -0.2) is 39.3 Å². The fourth-order valence-electron chi connectivity index (χ4n) is 2.41. The normalized spacial score (nSPS) is 10.6. The van der Waals surface area contributed by atoms with Gasteiger partial charge in [0.05, 0.1) is 23.3 Å². The van der Waals surface area contributed by atoms with Gasteiger partial charge in [-0.2, -0.15) is 0 Å². The third-order valence-electron chi connectivity index (χ3n) is 3.52. The van der Waals surface area contributed by atoms with Crippen molar-refractivity contribution in [2.75, 3.05) is 6.61 Å². The molecule has 0 amide bonds. The number of hydrogen-bond acceptors (Lipinski definition) is 5. The molecule has 0 saturated heterocycles. The predicted octanol–water partition coefficient (Wildman–Crippen LogP) is 1.59. The smallest absolute Gasteiger partial charge is 0.343 e. The fourth-order valence-corrected chi connectivity index (χ4v) is 2.41. The number of aromatic carboxylic acids is 2. The first-order chi connectivity index (χ1) is 11.3. The molecule has 2 aromatic rings. The minimum Gasteiger partial charge on any atom is -0.478 e. The molecule has 0 aliphatic carbocycles. The summed E-state index contributed by atoms with van der Waals surface area (Å²) in [5, 5.41) is 18.3. The number of hydrogen-bond donors (Lipinski definition) is 2. The molecule has 0 spiro atoms. The number of ether oxygens (including phenoxy) is 1. The molecule has 0 aliphatic heterocycles. The largest absolute Gasteiger partial charge is 0.478 e. The molecule has 1 aromatic heterocycles. The predicted molar refractivity (Wildman–Crippen MR) is 83.8 cm³/mol. The van der Waals surface area contributed by atoms with Crippen LogP contribution in [0.5, 0.6) is 0 Å². The first-order valence-corrected chi connectivity index (χ1v) is 7.16. The highest BCUT2D eigenvalue weighted by Gasteiger charge is 2.22. The van der Waals surface area contributed by atoms with Crippen LogP contribution in [0.2, 0.25) is 0 Å². The molecule has 1 aromatic carbocycles. The second-order valence-electron chi connectivity index (χ2n) is 4.90. The van der Waals surface area contributed by atoms with Crippen LogP contribution in [0.15, 0.2) is 23.1 Å². The molecule has 0 radical (unpaired) electrons. The van der Waals surface area contributed by atoms with Gasteiger partial charge in [-0.05, 0) is 26.0 Å². The topological polar surface area (TPSA) is 123 Å². The van der Waals surface area contributed by atoms with Crippen molar-refractivity contribution in [2.45, 2.75) is 20.4 Å². The number of fused-ring (bicyclic) bond motifs is 1. The van der Waals surface area contributed by atoms with Crippen molar-refractivity contribution in [1.29, 1.82) is 0 Å². The van der Waals surface area contributed by atoms with Crippen LogP contribution in [0.25, 0.3) is 10.9 Å². The highest BCUT2D eigenvalue weighted by molar-refractivity contribution is 6.06. The molecule has 8 nitrogen and oxygen atoms in total. The Morgan fingerprint density at radius 2 is 1.62 bits per heavy atom. The van der Waals surface area contributed by atoms with Crippen LogP contribution in [0.1, 0.15) is 44.9 Å². The number of carbonyl (C=O) groups is 3. The molecule has 24 heavy (non-hydrogen) atoms. The molecule has 2 N–H and O–H groups in total. The van der Waals surface area contributed by atoms with Crippen LogP contribution in [0.3, 0.4) is 0 Å². The molecule has 2 rings (SSSR count). The summed E-state index contributed by atoms with van der Waals surface area (Å²) >= 11 is 0. The molecular formula is C16H15NO7. The monoisotopic (exact) mass is 333 g/mol. The molecule has 0 atom stereocenters. The number of carbonyl (C=O) groups excluding carboxylic acids is 1. The number of aryl methyl sites for hydroxylation is 1. The number of carboxylic acids is 2. The lowest BCUT2D eigenvalue weighted by atomic mass is 10.0. The average molecular weight is 333 g/mol.